The molecule has 0 unspecified atom stereocenters. The summed E-state index contributed by atoms with van der Waals surface area (Å²) in [4.78, 5) is 16.5. The lowest BCUT2D eigenvalue weighted by Crippen LogP contribution is -2.40. The summed E-state index contributed by atoms with van der Waals surface area (Å²) in [5, 5.41) is 1.17. The highest BCUT2D eigenvalue weighted by atomic mass is 35.5. The van der Waals surface area contributed by atoms with Gasteiger partial charge in [0.2, 0.25) is 10.0 Å². The second-order valence-electron chi connectivity index (χ2n) is 5.57. The number of rotatable bonds is 6. The minimum atomic E-state index is -3.56. The van der Waals surface area contributed by atoms with Gasteiger partial charge in [0.05, 0.1) is 24.0 Å². The zero-order valence-corrected chi connectivity index (χ0v) is 16.2. The molecule has 0 saturated carbocycles. The van der Waals surface area contributed by atoms with Crippen LogP contribution >= 0.6 is 23.4 Å². The van der Waals surface area contributed by atoms with Gasteiger partial charge >= 0.3 is 0 Å². The molecule has 1 fully saturated rings. The Balaban J connectivity index is 1.62. The summed E-state index contributed by atoms with van der Waals surface area (Å²) in [5.41, 5.74) is 0.577. The fourth-order valence-corrected chi connectivity index (χ4v) is 4.62. The van der Waals surface area contributed by atoms with E-state index in [1.165, 1.54) is 28.3 Å². The third-order valence-electron chi connectivity index (χ3n) is 3.83. The Bertz CT molecular complexity index is 865. The minimum absolute atomic E-state index is 0.0431. The maximum absolute atomic E-state index is 12.5. The summed E-state index contributed by atoms with van der Waals surface area (Å²) in [5.74, 6) is 0.169. The van der Waals surface area contributed by atoms with Gasteiger partial charge in [-0.05, 0) is 36.4 Å². The van der Waals surface area contributed by atoms with Crippen molar-refractivity contribution in [1.29, 1.82) is 0 Å². The van der Waals surface area contributed by atoms with Gasteiger partial charge in [-0.15, -0.1) is 0 Å². The molecule has 1 aromatic carbocycles. The molecule has 0 bridgehead atoms. The highest BCUT2D eigenvalue weighted by molar-refractivity contribution is 7.99. The molecule has 0 N–H and O–H groups in total. The van der Waals surface area contributed by atoms with Crippen LogP contribution in [0, 0.1) is 0 Å². The van der Waals surface area contributed by atoms with Crippen LogP contribution in [0.25, 0.3) is 0 Å². The van der Waals surface area contributed by atoms with E-state index in [2.05, 4.69) is 4.98 Å². The molecule has 0 aliphatic carbocycles. The average Bonchev–Trinajstić information content (AvgIpc) is 2.67. The van der Waals surface area contributed by atoms with Gasteiger partial charge in [-0.25, -0.2) is 13.4 Å². The number of nitrogens with zero attached hydrogens (tertiary/aromatic N) is 2. The maximum Gasteiger partial charge on any atom is 0.244 e. The molecule has 0 radical (unpaired) electrons. The van der Waals surface area contributed by atoms with Crippen LogP contribution in [0.5, 0.6) is 0 Å². The van der Waals surface area contributed by atoms with Gasteiger partial charge in [0, 0.05) is 29.9 Å². The third kappa shape index (κ3) is 4.63. The first-order valence-electron chi connectivity index (χ1n) is 7.92. The van der Waals surface area contributed by atoms with Crippen LogP contribution in [0.4, 0.5) is 0 Å². The number of ketones is 1. The van der Waals surface area contributed by atoms with Crippen molar-refractivity contribution >= 4 is 39.2 Å². The van der Waals surface area contributed by atoms with Crippen LogP contribution in [-0.2, 0) is 14.8 Å². The molecule has 6 nitrogen and oxygen atoms in total. The lowest BCUT2D eigenvalue weighted by molar-refractivity contribution is 0.0730. The number of aromatic nitrogens is 1. The van der Waals surface area contributed by atoms with Crippen LogP contribution in [0.2, 0.25) is 5.02 Å². The van der Waals surface area contributed by atoms with E-state index in [1.54, 1.807) is 30.3 Å². The molecule has 2 heterocycles. The van der Waals surface area contributed by atoms with E-state index in [9.17, 15) is 13.2 Å². The molecule has 3 rings (SSSR count). The second kappa shape index (κ2) is 8.49. The molecule has 1 aliphatic heterocycles. The molecule has 0 atom stereocenters. The van der Waals surface area contributed by atoms with Crippen LogP contribution < -0.4 is 0 Å². The predicted octanol–water partition coefficient (Wildman–Crippen LogP) is 2.73. The molecule has 1 aromatic heterocycles. The zero-order valence-electron chi connectivity index (χ0n) is 13.8. The molecule has 26 heavy (non-hydrogen) atoms. The van der Waals surface area contributed by atoms with Gasteiger partial charge in [0.1, 0.15) is 4.90 Å². The summed E-state index contributed by atoms with van der Waals surface area (Å²) >= 11 is 7.07. The van der Waals surface area contributed by atoms with E-state index in [4.69, 9.17) is 16.3 Å². The lowest BCUT2D eigenvalue weighted by atomic mass is 10.1. The molecule has 1 aliphatic rings. The number of halogens is 1. The number of morpholine rings is 1. The fourth-order valence-electron chi connectivity index (χ4n) is 2.40. The number of benzene rings is 1. The first-order valence-corrected chi connectivity index (χ1v) is 10.7. The fraction of sp³-hybridized carbons (Fsp3) is 0.294. The number of carbonyl (C=O) groups is 1. The lowest BCUT2D eigenvalue weighted by Gasteiger charge is -2.25. The smallest absolute Gasteiger partial charge is 0.244 e. The highest BCUT2D eigenvalue weighted by Crippen LogP contribution is 2.21. The highest BCUT2D eigenvalue weighted by Gasteiger charge is 2.26. The van der Waals surface area contributed by atoms with E-state index >= 15 is 0 Å². The summed E-state index contributed by atoms with van der Waals surface area (Å²) in [6.45, 7) is 1.48. The molecule has 2 aromatic rings. The van der Waals surface area contributed by atoms with Crippen molar-refractivity contribution < 1.29 is 17.9 Å². The summed E-state index contributed by atoms with van der Waals surface area (Å²) in [6, 6.07) is 9.83. The SMILES string of the molecule is O=C(CSc1ccc(S(=O)(=O)N2CCOCC2)cn1)c1ccc(Cl)cc1. The van der Waals surface area contributed by atoms with Crippen molar-refractivity contribution in [2.75, 3.05) is 32.1 Å². The monoisotopic (exact) mass is 412 g/mol. The standard InChI is InChI=1S/C17H17ClN2O4S2/c18-14-3-1-13(2-4-14)16(21)12-25-17-6-5-15(11-19-17)26(22,23)20-7-9-24-10-8-20/h1-6,11H,7-10,12H2. The number of pyridine rings is 1. The predicted molar refractivity (Wildman–Crippen MR) is 100 cm³/mol. The molecule has 138 valence electrons. The van der Waals surface area contributed by atoms with Crippen molar-refractivity contribution in [1.82, 2.24) is 9.29 Å². The second-order valence-corrected chi connectivity index (χ2v) is 8.94. The number of hydrogen-bond donors (Lipinski definition) is 0. The van der Waals surface area contributed by atoms with Gasteiger partial charge in [0.15, 0.2) is 5.78 Å². The van der Waals surface area contributed by atoms with Crippen molar-refractivity contribution in [2.24, 2.45) is 0 Å². The topological polar surface area (TPSA) is 76.6 Å². The first kappa shape index (κ1) is 19.3. The summed E-state index contributed by atoms with van der Waals surface area (Å²) < 4.78 is 31.6. The van der Waals surface area contributed by atoms with E-state index in [0.29, 0.717) is 41.9 Å². The molecular formula is C17H17ClN2O4S2. The number of Topliss-reactive ketones (excluding diaryl/α,β-unsaturated/α-hetero) is 1. The number of sulfonamides is 1. The van der Waals surface area contributed by atoms with E-state index in [0.717, 1.165) is 0 Å². The zero-order chi connectivity index (χ0) is 18.6. The third-order valence-corrected chi connectivity index (χ3v) is 6.91. The summed E-state index contributed by atoms with van der Waals surface area (Å²) in [6.07, 6.45) is 1.33. The number of ether oxygens (including phenoxy) is 1. The maximum atomic E-state index is 12.5. The molecule has 1 saturated heterocycles. The first-order chi connectivity index (χ1) is 12.5. The van der Waals surface area contributed by atoms with Crippen molar-refractivity contribution in [2.45, 2.75) is 9.92 Å². The minimum Gasteiger partial charge on any atom is -0.379 e. The van der Waals surface area contributed by atoms with Gasteiger partial charge in [0.25, 0.3) is 0 Å². The summed E-state index contributed by atoms with van der Waals surface area (Å²) in [7, 11) is -3.56. The molecular weight excluding hydrogens is 396 g/mol. The molecule has 0 amide bonds. The number of carbonyl (C=O) groups excluding carboxylic acids is 1. The van der Waals surface area contributed by atoms with Crippen LogP contribution in [0.1, 0.15) is 10.4 Å². The largest absolute Gasteiger partial charge is 0.379 e. The Kier molecular flexibility index (Phi) is 6.31. The Morgan fingerprint density at radius 2 is 1.85 bits per heavy atom. The van der Waals surface area contributed by atoms with Gasteiger partial charge in [-0.2, -0.15) is 4.31 Å². The normalized spacial score (nSPS) is 15.7. The Hall–Kier alpha value is -1.45. The van der Waals surface area contributed by atoms with Gasteiger partial charge in [-0.1, -0.05) is 23.4 Å². The quantitative estimate of drug-likeness (QED) is 0.536. The average molecular weight is 413 g/mol. The van der Waals surface area contributed by atoms with Gasteiger partial charge in [-0.3, -0.25) is 4.79 Å². The number of thioether (sulfide) groups is 1. The Morgan fingerprint density at radius 3 is 2.46 bits per heavy atom. The number of hydrogen-bond acceptors (Lipinski definition) is 6. The van der Waals surface area contributed by atoms with Crippen molar-refractivity contribution in [3.8, 4) is 0 Å². The Morgan fingerprint density at radius 1 is 1.15 bits per heavy atom. The van der Waals surface area contributed by atoms with Gasteiger partial charge < -0.3 is 4.74 Å². The van der Waals surface area contributed by atoms with Crippen molar-refractivity contribution in [3.63, 3.8) is 0 Å². The van der Waals surface area contributed by atoms with Crippen LogP contribution in [-0.4, -0.2) is 55.5 Å². The van der Waals surface area contributed by atoms with E-state index in [-0.39, 0.29) is 16.4 Å². The van der Waals surface area contributed by atoms with E-state index in [1.807, 2.05) is 0 Å². The van der Waals surface area contributed by atoms with E-state index < -0.39 is 10.0 Å². The molecule has 9 heteroatoms. The van der Waals surface area contributed by atoms with Crippen LogP contribution in [0.3, 0.4) is 0 Å². The Labute approximate surface area is 161 Å². The van der Waals surface area contributed by atoms with Crippen molar-refractivity contribution in [3.05, 3.63) is 53.2 Å². The van der Waals surface area contributed by atoms with Crippen LogP contribution in [0.15, 0.2) is 52.5 Å². The molecule has 0 spiro atoms.